The van der Waals surface area contributed by atoms with Crippen LogP contribution in [0.4, 0.5) is 0 Å². The summed E-state index contributed by atoms with van der Waals surface area (Å²) in [5.41, 5.74) is 1.19. The number of nitrogens with zero attached hydrogens (tertiary/aromatic N) is 4. The van der Waals surface area contributed by atoms with E-state index in [-0.39, 0.29) is 18.1 Å². The third-order valence-corrected chi connectivity index (χ3v) is 5.07. The van der Waals surface area contributed by atoms with Crippen LogP contribution in [0.3, 0.4) is 0 Å². The van der Waals surface area contributed by atoms with Crippen LogP contribution >= 0.6 is 11.8 Å². The number of carbonyl (C=O) groups excluding carboxylic acids is 1. The minimum atomic E-state index is -0.275. The van der Waals surface area contributed by atoms with Gasteiger partial charge in [-0.05, 0) is 30.7 Å². The summed E-state index contributed by atoms with van der Waals surface area (Å²) in [5.74, 6) is 1.27. The van der Waals surface area contributed by atoms with Crippen molar-refractivity contribution < 1.29 is 4.79 Å². The van der Waals surface area contributed by atoms with Crippen LogP contribution in [-0.4, -0.2) is 43.0 Å². The molecule has 0 atom stereocenters. The predicted molar refractivity (Wildman–Crippen MR) is 111 cm³/mol. The zero-order chi connectivity index (χ0) is 20.1. The lowest BCUT2D eigenvalue weighted by Gasteiger charge is -2.12. The van der Waals surface area contributed by atoms with Crippen molar-refractivity contribution in [2.24, 2.45) is 5.92 Å². The van der Waals surface area contributed by atoms with E-state index >= 15 is 0 Å². The average molecular weight is 403 g/mol. The molecule has 0 unspecified atom stereocenters. The van der Waals surface area contributed by atoms with Gasteiger partial charge in [0.1, 0.15) is 12.4 Å². The molecule has 0 aliphatic heterocycles. The van der Waals surface area contributed by atoms with E-state index in [1.54, 1.807) is 11.8 Å². The number of fused-ring (bicyclic) bond motifs is 1. The van der Waals surface area contributed by atoms with Gasteiger partial charge >= 0.3 is 5.69 Å². The van der Waals surface area contributed by atoms with Crippen molar-refractivity contribution in [3.63, 3.8) is 0 Å². The molecule has 3 rings (SSSR count). The minimum absolute atomic E-state index is 0.00298. The molecule has 0 saturated heterocycles. The normalized spacial score (nSPS) is 11.4. The van der Waals surface area contributed by atoms with Crippen molar-refractivity contribution in [3.05, 3.63) is 40.6 Å². The van der Waals surface area contributed by atoms with Gasteiger partial charge in [-0.2, -0.15) is 0 Å². The Morgan fingerprint density at radius 2 is 2.04 bits per heavy atom. The Balaban J connectivity index is 1.53. The molecule has 9 heteroatoms. The van der Waals surface area contributed by atoms with Gasteiger partial charge in [0, 0.05) is 19.5 Å². The molecule has 0 aliphatic rings. The minimum Gasteiger partial charge on any atom is -0.355 e. The summed E-state index contributed by atoms with van der Waals surface area (Å²) >= 11 is 1.59. The Bertz CT molecular complexity index is 1000. The van der Waals surface area contributed by atoms with E-state index in [1.807, 2.05) is 30.5 Å². The molecule has 2 aromatic heterocycles. The first-order chi connectivity index (χ1) is 13.5. The number of imidazole rings is 1. The molecule has 0 aliphatic carbocycles. The Kier molecular flexibility index (Phi) is 6.56. The van der Waals surface area contributed by atoms with Crippen LogP contribution < -0.4 is 11.0 Å². The molecule has 0 bridgehead atoms. The molecular formula is C19H26N6O2S. The lowest BCUT2D eigenvalue weighted by Crippen LogP contribution is -2.32. The standard InChI is InChI=1S/C19H26N6O2S/c1-13(2)11-25-16(22-23-19(25)28-3)9-6-10-20-17(26)12-24-15-8-5-4-7-14(15)21-18(24)27/h4-5,7-8,13H,6,9-12H2,1-3H3,(H,20,26)(H,21,27). The molecule has 0 spiro atoms. The Labute approximate surface area is 167 Å². The molecule has 1 amide bonds. The van der Waals surface area contributed by atoms with E-state index in [0.717, 1.165) is 41.4 Å². The molecule has 8 nitrogen and oxygen atoms in total. The number of H-pyrrole nitrogens is 1. The maximum Gasteiger partial charge on any atom is 0.326 e. The van der Waals surface area contributed by atoms with Crippen molar-refractivity contribution >= 4 is 28.7 Å². The van der Waals surface area contributed by atoms with Crippen LogP contribution in [0.15, 0.2) is 34.2 Å². The van der Waals surface area contributed by atoms with Crippen LogP contribution in [0, 0.1) is 5.92 Å². The fourth-order valence-corrected chi connectivity index (χ4v) is 3.66. The maximum absolute atomic E-state index is 12.3. The van der Waals surface area contributed by atoms with Crippen LogP contribution in [0.5, 0.6) is 0 Å². The summed E-state index contributed by atoms with van der Waals surface area (Å²) < 4.78 is 3.61. The first-order valence-corrected chi connectivity index (χ1v) is 10.6. The fraction of sp³-hybridized carbons (Fsp3) is 0.474. The molecular weight excluding hydrogens is 376 g/mol. The molecule has 150 valence electrons. The van der Waals surface area contributed by atoms with Crippen LogP contribution in [0.1, 0.15) is 26.1 Å². The van der Waals surface area contributed by atoms with Crippen molar-refractivity contribution in [3.8, 4) is 0 Å². The van der Waals surface area contributed by atoms with Gasteiger partial charge in [0.15, 0.2) is 5.16 Å². The Morgan fingerprint density at radius 3 is 2.79 bits per heavy atom. The number of hydrogen-bond donors (Lipinski definition) is 2. The Hall–Kier alpha value is -2.55. The Morgan fingerprint density at radius 1 is 1.25 bits per heavy atom. The SMILES string of the molecule is CSc1nnc(CCCNC(=O)Cn2c(=O)[nH]c3ccccc32)n1CC(C)C. The zero-order valence-electron chi connectivity index (χ0n) is 16.4. The largest absolute Gasteiger partial charge is 0.355 e. The molecule has 2 N–H and O–H groups in total. The zero-order valence-corrected chi connectivity index (χ0v) is 17.3. The topological polar surface area (TPSA) is 97.6 Å². The highest BCUT2D eigenvalue weighted by molar-refractivity contribution is 7.98. The summed E-state index contributed by atoms with van der Waals surface area (Å²) in [6.07, 6.45) is 3.50. The van der Waals surface area contributed by atoms with Gasteiger partial charge < -0.3 is 14.9 Å². The van der Waals surface area contributed by atoms with E-state index in [1.165, 1.54) is 4.57 Å². The summed E-state index contributed by atoms with van der Waals surface area (Å²) in [6, 6.07) is 7.34. The quantitative estimate of drug-likeness (QED) is 0.422. The number of aromatic nitrogens is 5. The van der Waals surface area contributed by atoms with Gasteiger partial charge in [-0.3, -0.25) is 9.36 Å². The number of thioether (sulfide) groups is 1. The first kappa shape index (κ1) is 20.2. The van der Waals surface area contributed by atoms with Gasteiger partial charge in [0.25, 0.3) is 0 Å². The maximum atomic E-state index is 12.3. The lowest BCUT2D eigenvalue weighted by atomic mass is 10.2. The number of para-hydroxylation sites is 2. The number of aryl methyl sites for hydroxylation is 1. The van der Waals surface area contributed by atoms with Crippen LogP contribution in [-0.2, 0) is 24.3 Å². The number of amides is 1. The second-order valence-electron chi connectivity index (χ2n) is 7.09. The average Bonchev–Trinajstić information content (AvgIpc) is 3.19. The lowest BCUT2D eigenvalue weighted by molar-refractivity contribution is -0.121. The molecule has 28 heavy (non-hydrogen) atoms. The molecule has 0 fully saturated rings. The number of nitrogens with one attached hydrogen (secondary N) is 2. The monoisotopic (exact) mass is 402 g/mol. The van der Waals surface area contributed by atoms with Gasteiger partial charge in [-0.25, -0.2) is 4.79 Å². The third-order valence-electron chi connectivity index (χ3n) is 4.41. The summed E-state index contributed by atoms with van der Waals surface area (Å²) in [5, 5.41) is 12.3. The highest BCUT2D eigenvalue weighted by atomic mass is 32.2. The van der Waals surface area contributed by atoms with E-state index in [0.29, 0.717) is 12.5 Å². The van der Waals surface area contributed by atoms with E-state index in [4.69, 9.17) is 0 Å². The van der Waals surface area contributed by atoms with E-state index < -0.39 is 0 Å². The van der Waals surface area contributed by atoms with E-state index in [2.05, 4.69) is 38.9 Å². The van der Waals surface area contributed by atoms with Gasteiger partial charge in [0.05, 0.1) is 11.0 Å². The smallest absolute Gasteiger partial charge is 0.326 e. The summed E-state index contributed by atoms with van der Waals surface area (Å²) in [4.78, 5) is 27.1. The molecule has 3 aromatic rings. The summed E-state index contributed by atoms with van der Waals surface area (Å²) in [7, 11) is 0. The second-order valence-corrected chi connectivity index (χ2v) is 7.87. The molecule has 0 radical (unpaired) electrons. The first-order valence-electron chi connectivity index (χ1n) is 9.40. The van der Waals surface area contributed by atoms with Gasteiger partial charge in [-0.1, -0.05) is 37.7 Å². The predicted octanol–water partition coefficient (Wildman–Crippen LogP) is 2.05. The highest BCUT2D eigenvalue weighted by Gasteiger charge is 2.13. The molecule has 2 heterocycles. The van der Waals surface area contributed by atoms with Crippen molar-refractivity contribution in [1.82, 2.24) is 29.6 Å². The van der Waals surface area contributed by atoms with Crippen molar-refractivity contribution in [2.75, 3.05) is 12.8 Å². The fourth-order valence-electron chi connectivity index (χ4n) is 3.14. The number of rotatable bonds is 9. The molecule has 1 aromatic carbocycles. The van der Waals surface area contributed by atoms with E-state index in [9.17, 15) is 9.59 Å². The number of carbonyl (C=O) groups is 1. The van der Waals surface area contributed by atoms with Crippen LogP contribution in [0.25, 0.3) is 11.0 Å². The number of benzene rings is 1. The number of aromatic amines is 1. The van der Waals surface area contributed by atoms with Crippen LogP contribution in [0.2, 0.25) is 0 Å². The van der Waals surface area contributed by atoms with Gasteiger partial charge in [-0.15, -0.1) is 10.2 Å². The third kappa shape index (κ3) is 4.64. The summed E-state index contributed by atoms with van der Waals surface area (Å²) in [6.45, 7) is 5.75. The molecule has 0 saturated carbocycles. The second kappa shape index (κ2) is 9.09. The number of hydrogen-bond acceptors (Lipinski definition) is 5. The van der Waals surface area contributed by atoms with Crippen molar-refractivity contribution in [1.29, 1.82) is 0 Å². The highest BCUT2D eigenvalue weighted by Crippen LogP contribution is 2.16. The van der Waals surface area contributed by atoms with Gasteiger partial charge in [0.2, 0.25) is 5.91 Å². The van der Waals surface area contributed by atoms with Crippen molar-refractivity contribution in [2.45, 2.75) is 44.9 Å².